The van der Waals surface area contributed by atoms with Crippen molar-refractivity contribution in [2.45, 2.75) is 39.7 Å². The van der Waals surface area contributed by atoms with Gasteiger partial charge in [0.1, 0.15) is 11.3 Å². The van der Waals surface area contributed by atoms with Crippen LogP contribution >= 0.6 is 22.6 Å². The van der Waals surface area contributed by atoms with E-state index in [0.717, 1.165) is 9.26 Å². The minimum absolute atomic E-state index is 0.0649. The molecule has 0 saturated carbocycles. The van der Waals surface area contributed by atoms with Crippen molar-refractivity contribution in [3.63, 3.8) is 0 Å². The number of ketones is 1. The molecule has 0 aromatic carbocycles. The van der Waals surface area contributed by atoms with E-state index in [1.165, 1.54) is 6.92 Å². The lowest BCUT2D eigenvalue weighted by Gasteiger charge is -2.19. The summed E-state index contributed by atoms with van der Waals surface area (Å²) in [5.41, 5.74) is 0.717. The highest BCUT2D eigenvalue weighted by atomic mass is 127. The van der Waals surface area contributed by atoms with Crippen LogP contribution in [0.1, 0.15) is 43.9 Å². The molecule has 1 aromatic heterocycles. The van der Waals surface area contributed by atoms with Crippen LogP contribution < -0.4 is 5.32 Å². The molecule has 20 heavy (non-hydrogen) atoms. The minimum Gasteiger partial charge on any atom is -0.444 e. The van der Waals surface area contributed by atoms with Gasteiger partial charge in [-0.05, 0) is 55.5 Å². The summed E-state index contributed by atoms with van der Waals surface area (Å²) in [5.74, 6) is -0.0649. The Balaban J connectivity index is 2.54. The second-order valence-electron chi connectivity index (χ2n) is 5.40. The van der Waals surface area contributed by atoms with Gasteiger partial charge in [-0.25, -0.2) is 9.78 Å². The standard InChI is InChI=1S/C14H19IN2O3/c1-9(18)12-8-10(15)7-11(17-12)5-6-16-13(19)20-14(2,3)4/h7-8H,5-6H2,1-4H3,(H,16,19). The summed E-state index contributed by atoms with van der Waals surface area (Å²) in [6, 6.07) is 3.64. The topological polar surface area (TPSA) is 68.3 Å². The Labute approximate surface area is 132 Å². The van der Waals surface area contributed by atoms with E-state index in [4.69, 9.17) is 4.74 Å². The van der Waals surface area contributed by atoms with Crippen molar-refractivity contribution in [3.8, 4) is 0 Å². The molecule has 0 unspecified atom stereocenters. The predicted octanol–water partition coefficient (Wildman–Crippen LogP) is 2.96. The molecule has 1 rings (SSSR count). The van der Waals surface area contributed by atoms with Gasteiger partial charge >= 0.3 is 6.09 Å². The molecule has 110 valence electrons. The number of hydrogen-bond acceptors (Lipinski definition) is 4. The number of aromatic nitrogens is 1. The first-order chi connectivity index (χ1) is 9.17. The molecule has 0 aliphatic carbocycles. The molecule has 1 amide bonds. The number of carbonyl (C=O) groups is 2. The molecule has 0 saturated heterocycles. The first-order valence-corrected chi connectivity index (χ1v) is 7.39. The molecule has 0 radical (unpaired) electrons. The number of nitrogens with one attached hydrogen (secondary N) is 1. The van der Waals surface area contributed by atoms with Gasteiger partial charge in [-0.15, -0.1) is 0 Å². The third-order valence-electron chi connectivity index (χ3n) is 2.25. The maximum Gasteiger partial charge on any atom is 0.407 e. The third kappa shape index (κ3) is 6.31. The first kappa shape index (κ1) is 16.9. The van der Waals surface area contributed by atoms with Crippen LogP contribution in [0.5, 0.6) is 0 Å². The van der Waals surface area contributed by atoms with Crippen LogP contribution in [0.25, 0.3) is 0 Å². The monoisotopic (exact) mass is 390 g/mol. The normalized spacial score (nSPS) is 11.1. The van der Waals surface area contributed by atoms with Crippen molar-refractivity contribution in [1.29, 1.82) is 0 Å². The fraction of sp³-hybridized carbons (Fsp3) is 0.500. The van der Waals surface area contributed by atoms with Crippen LogP contribution in [-0.2, 0) is 11.2 Å². The van der Waals surface area contributed by atoms with Gasteiger partial charge in [0, 0.05) is 29.2 Å². The van der Waals surface area contributed by atoms with Gasteiger partial charge < -0.3 is 10.1 Å². The van der Waals surface area contributed by atoms with Crippen molar-refractivity contribution in [2.75, 3.05) is 6.54 Å². The predicted molar refractivity (Wildman–Crippen MR) is 84.9 cm³/mol. The van der Waals surface area contributed by atoms with E-state index < -0.39 is 11.7 Å². The summed E-state index contributed by atoms with van der Waals surface area (Å²) >= 11 is 2.14. The fourth-order valence-electron chi connectivity index (χ4n) is 1.47. The highest BCUT2D eigenvalue weighted by Gasteiger charge is 2.15. The Kier molecular flexibility index (Phi) is 5.91. The summed E-state index contributed by atoms with van der Waals surface area (Å²) in [5, 5.41) is 2.67. The van der Waals surface area contributed by atoms with Gasteiger partial charge in [0.2, 0.25) is 0 Å². The molecular weight excluding hydrogens is 371 g/mol. The number of nitrogens with zero attached hydrogens (tertiary/aromatic N) is 1. The van der Waals surface area contributed by atoms with Gasteiger partial charge in [0.05, 0.1) is 0 Å². The highest BCUT2D eigenvalue weighted by Crippen LogP contribution is 2.10. The molecule has 0 aliphatic heterocycles. The van der Waals surface area contributed by atoms with Crippen molar-refractivity contribution < 1.29 is 14.3 Å². The largest absolute Gasteiger partial charge is 0.444 e. The molecule has 0 bridgehead atoms. The van der Waals surface area contributed by atoms with E-state index in [1.54, 1.807) is 6.07 Å². The number of ether oxygens (including phenoxy) is 1. The maximum atomic E-state index is 11.5. The first-order valence-electron chi connectivity index (χ1n) is 6.31. The third-order valence-corrected chi connectivity index (χ3v) is 2.88. The molecule has 0 spiro atoms. The number of hydrogen-bond donors (Lipinski definition) is 1. The lowest BCUT2D eigenvalue weighted by Crippen LogP contribution is -2.33. The van der Waals surface area contributed by atoms with Gasteiger partial charge in [0.15, 0.2) is 5.78 Å². The van der Waals surface area contributed by atoms with Crippen LogP contribution in [0, 0.1) is 3.57 Å². The SMILES string of the molecule is CC(=O)c1cc(I)cc(CCNC(=O)OC(C)(C)C)n1. The molecule has 0 fully saturated rings. The van der Waals surface area contributed by atoms with Crippen LogP contribution in [0.15, 0.2) is 12.1 Å². The summed E-state index contributed by atoms with van der Waals surface area (Å²) < 4.78 is 6.09. The number of Topliss-reactive ketones (excluding diaryl/α,β-unsaturated/α-hetero) is 1. The summed E-state index contributed by atoms with van der Waals surface area (Å²) in [6.07, 6.45) is 0.103. The van der Waals surface area contributed by atoms with E-state index >= 15 is 0 Å². The van der Waals surface area contributed by atoms with E-state index in [2.05, 4.69) is 32.9 Å². The number of amides is 1. The molecule has 0 aliphatic rings. The molecule has 5 nitrogen and oxygen atoms in total. The summed E-state index contributed by atoms with van der Waals surface area (Å²) in [6.45, 7) is 7.34. The zero-order chi connectivity index (χ0) is 15.3. The van der Waals surface area contributed by atoms with Gasteiger partial charge in [-0.2, -0.15) is 0 Å². The lowest BCUT2D eigenvalue weighted by molar-refractivity contribution is 0.0528. The minimum atomic E-state index is -0.508. The zero-order valence-electron chi connectivity index (χ0n) is 12.1. The van der Waals surface area contributed by atoms with E-state index in [0.29, 0.717) is 18.7 Å². The Morgan fingerprint density at radius 3 is 2.55 bits per heavy atom. The fourth-order valence-corrected chi connectivity index (χ4v) is 2.12. The van der Waals surface area contributed by atoms with E-state index in [-0.39, 0.29) is 5.78 Å². The van der Waals surface area contributed by atoms with Crippen molar-refractivity contribution in [1.82, 2.24) is 10.3 Å². The lowest BCUT2D eigenvalue weighted by atomic mass is 10.2. The molecular formula is C14H19IN2O3. The van der Waals surface area contributed by atoms with Crippen molar-refractivity contribution in [3.05, 3.63) is 27.1 Å². The quantitative estimate of drug-likeness (QED) is 0.634. The zero-order valence-corrected chi connectivity index (χ0v) is 14.3. The molecule has 0 atom stereocenters. The summed E-state index contributed by atoms with van der Waals surface area (Å²) in [4.78, 5) is 27.1. The number of rotatable bonds is 4. The Morgan fingerprint density at radius 2 is 2.00 bits per heavy atom. The molecule has 1 N–H and O–H groups in total. The number of halogens is 1. The second-order valence-corrected chi connectivity index (χ2v) is 6.64. The van der Waals surface area contributed by atoms with Crippen LogP contribution in [0.3, 0.4) is 0 Å². The number of pyridine rings is 1. The van der Waals surface area contributed by atoms with Crippen molar-refractivity contribution in [2.24, 2.45) is 0 Å². The highest BCUT2D eigenvalue weighted by molar-refractivity contribution is 14.1. The molecule has 6 heteroatoms. The van der Waals surface area contributed by atoms with Gasteiger partial charge in [0.25, 0.3) is 0 Å². The Bertz CT molecular complexity index is 510. The molecule has 1 heterocycles. The number of carbonyl (C=O) groups excluding carboxylic acids is 2. The number of alkyl carbamates (subject to hydrolysis) is 1. The van der Waals surface area contributed by atoms with Crippen LogP contribution in [0.4, 0.5) is 4.79 Å². The Morgan fingerprint density at radius 1 is 1.35 bits per heavy atom. The van der Waals surface area contributed by atoms with E-state index in [9.17, 15) is 9.59 Å². The second kappa shape index (κ2) is 7.01. The van der Waals surface area contributed by atoms with E-state index in [1.807, 2.05) is 26.8 Å². The average molecular weight is 390 g/mol. The van der Waals surface area contributed by atoms with Gasteiger partial charge in [-0.3, -0.25) is 4.79 Å². The maximum absolute atomic E-state index is 11.5. The van der Waals surface area contributed by atoms with Crippen LogP contribution in [0.2, 0.25) is 0 Å². The Hall–Kier alpha value is -1.18. The van der Waals surface area contributed by atoms with Crippen molar-refractivity contribution >= 4 is 34.5 Å². The summed E-state index contributed by atoms with van der Waals surface area (Å²) in [7, 11) is 0. The van der Waals surface area contributed by atoms with Gasteiger partial charge in [-0.1, -0.05) is 0 Å². The average Bonchev–Trinajstić information content (AvgIpc) is 2.25. The molecule has 1 aromatic rings. The van der Waals surface area contributed by atoms with Crippen LogP contribution in [-0.4, -0.2) is 29.0 Å². The smallest absolute Gasteiger partial charge is 0.407 e.